The van der Waals surface area contributed by atoms with Gasteiger partial charge in [-0.25, -0.2) is 4.39 Å². The van der Waals surface area contributed by atoms with Crippen LogP contribution >= 0.6 is 0 Å². The minimum atomic E-state index is -1.16. The van der Waals surface area contributed by atoms with Crippen molar-refractivity contribution in [2.75, 3.05) is 6.54 Å². The monoisotopic (exact) mass is 347 g/mol. The Labute approximate surface area is 143 Å². The van der Waals surface area contributed by atoms with E-state index in [-0.39, 0.29) is 17.4 Å². The molecule has 1 aromatic carbocycles. The molecule has 1 heterocycles. The Kier molecular flexibility index (Phi) is 5.63. The highest BCUT2D eigenvalue weighted by molar-refractivity contribution is 5.94. The lowest BCUT2D eigenvalue weighted by Crippen LogP contribution is -2.42. The second-order valence-corrected chi connectivity index (χ2v) is 5.50. The number of carboxylic acids is 1. The smallest absolute Gasteiger partial charge is 0.323 e. The molecule has 0 saturated heterocycles. The number of carboxylic acid groups (broad SMARTS) is 1. The third kappa shape index (κ3) is 4.09. The van der Waals surface area contributed by atoms with Crippen molar-refractivity contribution in [3.05, 3.63) is 58.3 Å². The molecule has 0 fully saturated rings. The van der Waals surface area contributed by atoms with Crippen LogP contribution in [0.2, 0.25) is 0 Å². The van der Waals surface area contributed by atoms with E-state index in [0.29, 0.717) is 6.42 Å². The summed E-state index contributed by atoms with van der Waals surface area (Å²) < 4.78 is 14.7. The summed E-state index contributed by atoms with van der Waals surface area (Å²) in [7, 11) is 0. The minimum absolute atomic E-state index is 0.0875. The van der Waals surface area contributed by atoms with Gasteiger partial charge in [0.05, 0.1) is 0 Å². The van der Waals surface area contributed by atoms with Crippen molar-refractivity contribution >= 4 is 11.9 Å². The summed E-state index contributed by atoms with van der Waals surface area (Å²) in [5.41, 5.74) is -0.824. The zero-order valence-electron chi connectivity index (χ0n) is 13.8. The average molecular weight is 347 g/mol. The van der Waals surface area contributed by atoms with Crippen LogP contribution in [0.15, 0.2) is 41.2 Å². The van der Waals surface area contributed by atoms with Crippen LogP contribution in [0.25, 0.3) is 5.69 Å². The highest BCUT2D eigenvalue weighted by Gasteiger charge is 2.24. The molecule has 132 valence electrons. The van der Waals surface area contributed by atoms with Gasteiger partial charge in [0.25, 0.3) is 11.5 Å². The number of hydrogen-bond donors (Lipinski definition) is 1. The van der Waals surface area contributed by atoms with Gasteiger partial charge in [-0.1, -0.05) is 19.1 Å². The molecular weight excluding hydrogens is 329 g/mol. The van der Waals surface area contributed by atoms with Crippen molar-refractivity contribution in [3.63, 3.8) is 0 Å². The quantitative estimate of drug-likeness (QED) is 0.858. The highest BCUT2D eigenvalue weighted by Crippen LogP contribution is 2.12. The van der Waals surface area contributed by atoms with Crippen molar-refractivity contribution in [3.8, 4) is 5.69 Å². The van der Waals surface area contributed by atoms with E-state index >= 15 is 0 Å². The summed E-state index contributed by atoms with van der Waals surface area (Å²) in [4.78, 5) is 36.8. The molecule has 1 N–H and O–H groups in total. The van der Waals surface area contributed by atoms with Gasteiger partial charge >= 0.3 is 5.97 Å². The van der Waals surface area contributed by atoms with Gasteiger partial charge in [-0.3, -0.25) is 14.4 Å². The number of nitrogens with zero attached hydrogens (tertiary/aromatic N) is 3. The Balaban J connectivity index is 2.47. The van der Waals surface area contributed by atoms with Crippen LogP contribution in [0.3, 0.4) is 0 Å². The minimum Gasteiger partial charge on any atom is -0.480 e. The van der Waals surface area contributed by atoms with Crippen LogP contribution in [0.4, 0.5) is 4.39 Å². The van der Waals surface area contributed by atoms with Gasteiger partial charge in [-0.15, -0.1) is 0 Å². The normalized spacial score (nSPS) is 11.8. The standard InChI is InChI=1S/C17H18FN3O4/c1-3-11(2)20(10-16(23)24)17(25)13-8-9-15(22)21(19-13)14-7-5-4-6-12(14)18/h4-9,11H,3,10H2,1-2H3,(H,23,24). The maximum atomic E-state index is 13.9. The van der Waals surface area contributed by atoms with Crippen molar-refractivity contribution in [2.45, 2.75) is 26.3 Å². The van der Waals surface area contributed by atoms with Crippen molar-refractivity contribution in [2.24, 2.45) is 0 Å². The number of halogens is 1. The molecule has 0 saturated carbocycles. The highest BCUT2D eigenvalue weighted by atomic mass is 19.1. The lowest BCUT2D eigenvalue weighted by atomic mass is 10.2. The van der Waals surface area contributed by atoms with Gasteiger partial charge in [0, 0.05) is 12.1 Å². The summed E-state index contributed by atoms with van der Waals surface area (Å²) in [6.45, 7) is 3.04. The van der Waals surface area contributed by atoms with Gasteiger partial charge in [0.15, 0.2) is 0 Å². The van der Waals surface area contributed by atoms with Gasteiger partial charge in [-0.05, 0) is 31.5 Å². The number of rotatable bonds is 6. The van der Waals surface area contributed by atoms with Crippen LogP contribution in [0.5, 0.6) is 0 Å². The summed E-state index contributed by atoms with van der Waals surface area (Å²) in [6, 6.07) is 7.52. The van der Waals surface area contributed by atoms with E-state index in [1.807, 2.05) is 6.92 Å². The molecule has 1 amide bonds. The summed E-state index contributed by atoms with van der Waals surface area (Å²) >= 11 is 0. The van der Waals surface area contributed by atoms with E-state index in [4.69, 9.17) is 5.11 Å². The van der Waals surface area contributed by atoms with Gasteiger partial charge in [-0.2, -0.15) is 9.78 Å². The molecule has 7 nitrogen and oxygen atoms in total. The van der Waals surface area contributed by atoms with Gasteiger partial charge in [0.2, 0.25) is 0 Å². The Morgan fingerprint density at radius 1 is 1.28 bits per heavy atom. The van der Waals surface area contributed by atoms with Gasteiger partial charge in [0.1, 0.15) is 23.7 Å². The molecule has 0 radical (unpaired) electrons. The van der Waals surface area contributed by atoms with Crippen LogP contribution in [-0.4, -0.2) is 44.3 Å². The second kappa shape index (κ2) is 7.69. The van der Waals surface area contributed by atoms with E-state index in [2.05, 4.69) is 5.10 Å². The molecule has 0 aliphatic heterocycles. The van der Waals surface area contributed by atoms with Crippen molar-refractivity contribution in [1.82, 2.24) is 14.7 Å². The third-order valence-corrected chi connectivity index (χ3v) is 3.79. The van der Waals surface area contributed by atoms with Crippen LogP contribution < -0.4 is 5.56 Å². The summed E-state index contributed by atoms with van der Waals surface area (Å²) in [5.74, 6) is -2.45. The first kappa shape index (κ1) is 18.3. The fourth-order valence-electron chi connectivity index (χ4n) is 2.26. The molecule has 2 rings (SSSR count). The fourth-order valence-corrected chi connectivity index (χ4v) is 2.26. The molecule has 0 spiro atoms. The van der Waals surface area contributed by atoms with Gasteiger partial charge < -0.3 is 10.0 Å². The Bertz CT molecular complexity index is 850. The zero-order valence-corrected chi connectivity index (χ0v) is 13.8. The predicted molar refractivity (Wildman–Crippen MR) is 88.2 cm³/mol. The van der Waals surface area contributed by atoms with E-state index < -0.39 is 29.8 Å². The van der Waals surface area contributed by atoms with Crippen molar-refractivity contribution < 1.29 is 19.1 Å². The molecule has 2 aromatic rings. The van der Waals surface area contributed by atoms with E-state index in [1.54, 1.807) is 6.92 Å². The number of carbonyl (C=O) groups is 2. The van der Waals surface area contributed by atoms with E-state index in [9.17, 15) is 18.8 Å². The fraction of sp³-hybridized carbons (Fsp3) is 0.294. The lowest BCUT2D eigenvalue weighted by Gasteiger charge is -2.26. The summed E-state index contributed by atoms with van der Waals surface area (Å²) in [5, 5.41) is 12.9. The number of aromatic nitrogens is 2. The van der Waals surface area contributed by atoms with Crippen LogP contribution in [0.1, 0.15) is 30.8 Å². The number of aliphatic carboxylic acids is 1. The largest absolute Gasteiger partial charge is 0.480 e. The first-order valence-electron chi connectivity index (χ1n) is 7.73. The molecule has 8 heteroatoms. The molecule has 1 atom stereocenters. The number of benzene rings is 1. The number of para-hydroxylation sites is 1. The molecule has 1 unspecified atom stereocenters. The molecule has 1 aromatic heterocycles. The zero-order chi connectivity index (χ0) is 18.6. The Morgan fingerprint density at radius 3 is 2.56 bits per heavy atom. The molecule has 0 aliphatic rings. The first-order chi connectivity index (χ1) is 11.8. The SMILES string of the molecule is CCC(C)N(CC(=O)O)C(=O)c1ccc(=O)n(-c2ccccc2F)n1. The Morgan fingerprint density at radius 2 is 1.96 bits per heavy atom. The van der Waals surface area contributed by atoms with E-state index in [0.717, 1.165) is 15.6 Å². The molecule has 0 aliphatic carbocycles. The molecule has 0 bridgehead atoms. The summed E-state index contributed by atoms with van der Waals surface area (Å²) in [6.07, 6.45) is 0.548. The Hall–Kier alpha value is -3.03. The number of amides is 1. The second-order valence-electron chi connectivity index (χ2n) is 5.50. The average Bonchev–Trinajstić information content (AvgIpc) is 2.59. The van der Waals surface area contributed by atoms with Crippen LogP contribution in [-0.2, 0) is 4.79 Å². The first-order valence-corrected chi connectivity index (χ1v) is 7.73. The maximum Gasteiger partial charge on any atom is 0.323 e. The number of hydrogen-bond acceptors (Lipinski definition) is 4. The maximum absolute atomic E-state index is 13.9. The predicted octanol–water partition coefficient (Wildman–Crippen LogP) is 1.70. The lowest BCUT2D eigenvalue weighted by molar-refractivity contribution is -0.138. The number of carbonyl (C=O) groups excluding carboxylic acids is 1. The van der Waals surface area contributed by atoms with Crippen molar-refractivity contribution in [1.29, 1.82) is 0 Å². The third-order valence-electron chi connectivity index (χ3n) is 3.79. The molecular formula is C17H18FN3O4. The topological polar surface area (TPSA) is 92.5 Å². The molecule has 25 heavy (non-hydrogen) atoms. The van der Waals surface area contributed by atoms with E-state index in [1.165, 1.54) is 30.3 Å². The van der Waals surface area contributed by atoms with Crippen LogP contribution in [0, 0.1) is 5.82 Å².